The van der Waals surface area contributed by atoms with Crippen LogP contribution in [0.1, 0.15) is 47.7 Å². The molecule has 0 radical (unpaired) electrons. The van der Waals surface area contributed by atoms with Crippen LogP contribution < -0.4 is 5.73 Å². The fourth-order valence-electron chi connectivity index (χ4n) is 2.35. The molecule has 0 bridgehead atoms. The number of rotatable bonds is 2. The lowest BCUT2D eigenvalue weighted by atomic mass is 9.85. The van der Waals surface area contributed by atoms with Crippen molar-refractivity contribution in [2.24, 2.45) is 0 Å². The van der Waals surface area contributed by atoms with Gasteiger partial charge in [0.05, 0.1) is 0 Å². The summed E-state index contributed by atoms with van der Waals surface area (Å²) in [5.41, 5.74) is 10.1. The Labute approximate surface area is 90.5 Å². The minimum atomic E-state index is 0.244. The molecule has 15 heavy (non-hydrogen) atoms. The first-order valence-corrected chi connectivity index (χ1v) is 5.67. The molecule has 0 unspecified atom stereocenters. The number of ketones is 1. The lowest BCUT2D eigenvalue weighted by Gasteiger charge is -2.20. The molecule has 1 aromatic carbocycles. The van der Waals surface area contributed by atoms with E-state index in [1.165, 1.54) is 24.0 Å². The van der Waals surface area contributed by atoms with E-state index in [1.54, 1.807) is 0 Å². The summed E-state index contributed by atoms with van der Waals surface area (Å²) < 4.78 is 0. The lowest BCUT2D eigenvalue weighted by molar-refractivity contribution is 0.0987. The zero-order valence-electron chi connectivity index (χ0n) is 9.18. The molecule has 0 spiro atoms. The van der Waals surface area contributed by atoms with Gasteiger partial charge in [0, 0.05) is 17.7 Å². The molecule has 0 saturated carbocycles. The number of benzene rings is 1. The highest BCUT2D eigenvalue weighted by atomic mass is 16.1. The molecule has 1 aromatic rings. The van der Waals surface area contributed by atoms with Crippen LogP contribution in [0, 0.1) is 0 Å². The summed E-state index contributed by atoms with van der Waals surface area (Å²) in [5.74, 6) is 0.244. The topological polar surface area (TPSA) is 43.1 Å². The molecule has 2 nitrogen and oxygen atoms in total. The molecule has 0 saturated heterocycles. The van der Waals surface area contributed by atoms with Crippen LogP contribution in [0.15, 0.2) is 12.1 Å². The van der Waals surface area contributed by atoms with Gasteiger partial charge in [0.2, 0.25) is 0 Å². The monoisotopic (exact) mass is 203 g/mol. The molecule has 0 atom stereocenters. The fourth-order valence-corrected chi connectivity index (χ4v) is 2.35. The molecule has 2 N–H and O–H groups in total. The second kappa shape index (κ2) is 4.05. The Morgan fingerprint density at radius 3 is 2.60 bits per heavy atom. The van der Waals surface area contributed by atoms with Crippen LogP contribution in [0.25, 0.3) is 0 Å². The van der Waals surface area contributed by atoms with Crippen molar-refractivity contribution >= 4 is 11.5 Å². The molecule has 0 aromatic heterocycles. The number of carbonyl (C=O) groups excluding carboxylic acids is 1. The van der Waals surface area contributed by atoms with Gasteiger partial charge in [-0.3, -0.25) is 4.79 Å². The van der Waals surface area contributed by atoms with Crippen molar-refractivity contribution in [3.63, 3.8) is 0 Å². The molecular formula is C13H17NO. The Morgan fingerprint density at radius 1 is 1.27 bits per heavy atom. The van der Waals surface area contributed by atoms with Gasteiger partial charge in [-0.15, -0.1) is 0 Å². The van der Waals surface area contributed by atoms with Crippen LogP contribution in [0.4, 0.5) is 5.69 Å². The molecule has 0 aliphatic heterocycles. The molecule has 0 amide bonds. The third-order valence-corrected chi connectivity index (χ3v) is 3.19. The number of fused-ring (bicyclic) bond motifs is 1. The predicted molar refractivity (Wildman–Crippen MR) is 62.1 cm³/mol. The molecule has 2 rings (SSSR count). The van der Waals surface area contributed by atoms with E-state index in [-0.39, 0.29) is 5.78 Å². The van der Waals surface area contributed by atoms with E-state index < -0.39 is 0 Å². The number of hydrogen-bond donors (Lipinski definition) is 1. The minimum absolute atomic E-state index is 0.244. The Morgan fingerprint density at radius 2 is 1.93 bits per heavy atom. The summed E-state index contributed by atoms with van der Waals surface area (Å²) >= 11 is 0. The number of hydrogen-bond acceptors (Lipinski definition) is 2. The molecule has 80 valence electrons. The van der Waals surface area contributed by atoms with E-state index in [0.717, 1.165) is 24.1 Å². The molecule has 2 heteroatoms. The van der Waals surface area contributed by atoms with Gasteiger partial charge in [-0.05, 0) is 48.9 Å². The Balaban J connectivity index is 2.52. The van der Waals surface area contributed by atoms with E-state index >= 15 is 0 Å². The van der Waals surface area contributed by atoms with Crippen LogP contribution in [0.3, 0.4) is 0 Å². The van der Waals surface area contributed by atoms with Gasteiger partial charge in [0.1, 0.15) is 0 Å². The number of carbonyl (C=O) groups is 1. The standard InChI is InChI=1S/C13H17NO/c1-2-13(15)11-7-8-12(14)10-6-4-3-5-9(10)11/h7-8H,2-6,14H2,1H3. The number of anilines is 1. The third-order valence-electron chi connectivity index (χ3n) is 3.19. The Hall–Kier alpha value is -1.31. The maximum atomic E-state index is 11.8. The number of nitrogen functional groups attached to an aromatic ring is 1. The Bertz CT molecular complexity index is 396. The number of Topliss-reactive ketones (excluding diaryl/α,β-unsaturated/α-hetero) is 1. The van der Waals surface area contributed by atoms with E-state index in [0.29, 0.717) is 6.42 Å². The molecule has 1 aliphatic carbocycles. The quantitative estimate of drug-likeness (QED) is 0.593. The molecular weight excluding hydrogens is 186 g/mol. The van der Waals surface area contributed by atoms with Crippen LogP contribution in [0.2, 0.25) is 0 Å². The summed E-state index contributed by atoms with van der Waals surface area (Å²) in [5, 5.41) is 0. The van der Waals surface area contributed by atoms with Gasteiger partial charge in [0.25, 0.3) is 0 Å². The third kappa shape index (κ3) is 1.76. The van der Waals surface area contributed by atoms with Crippen molar-refractivity contribution in [1.82, 2.24) is 0 Å². The maximum Gasteiger partial charge on any atom is 0.162 e. The van der Waals surface area contributed by atoms with Gasteiger partial charge in [0.15, 0.2) is 5.78 Å². The Kier molecular flexibility index (Phi) is 2.76. The minimum Gasteiger partial charge on any atom is -0.398 e. The molecule has 0 heterocycles. The lowest BCUT2D eigenvalue weighted by Crippen LogP contribution is -2.12. The van der Waals surface area contributed by atoms with Crippen molar-refractivity contribution in [1.29, 1.82) is 0 Å². The summed E-state index contributed by atoms with van der Waals surface area (Å²) in [6, 6.07) is 3.78. The van der Waals surface area contributed by atoms with Crippen molar-refractivity contribution in [3.05, 3.63) is 28.8 Å². The fraction of sp³-hybridized carbons (Fsp3) is 0.462. The first-order valence-electron chi connectivity index (χ1n) is 5.67. The normalized spacial score (nSPS) is 14.7. The average Bonchev–Trinajstić information content (AvgIpc) is 2.29. The van der Waals surface area contributed by atoms with E-state index in [1.807, 2.05) is 19.1 Å². The molecule has 1 aliphatic rings. The highest BCUT2D eigenvalue weighted by molar-refractivity contribution is 5.98. The second-order valence-electron chi connectivity index (χ2n) is 4.14. The van der Waals surface area contributed by atoms with Crippen molar-refractivity contribution in [3.8, 4) is 0 Å². The van der Waals surface area contributed by atoms with Gasteiger partial charge >= 0.3 is 0 Å². The maximum absolute atomic E-state index is 11.8. The zero-order chi connectivity index (χ0) is 10.8. The highest BCUT2D eigenvalue weighted by Gasteiger charge is 2.18. The van der Waals surface area contributed by atoms with E-state index in [4.69, 9.17) is 5.73 Å². The summed E-state index contributed by atoms with van der Waals surface area (Å²) in [6.07, 6.45) is 5.01. The van der Waals surface area contributed by atoms with Gasteiger partial charge in [-0.1, -0.05) is 6.92 Å². The van der Waals surface area contributed by atoms with Gasteiger partial charge < -0.3 is 5.73 Å². The van der Waals surface area contributed by atoms with E-state index in [2.05, 4.69) is 0 Å². The summed E-state index contributed by atoms with van der Waals surface area (Å²) in [4.78, 5) is 11.8. The van der Waals surface area contributed by atoms with Crippen LogP contribution >= 0.6 is 0 Å². The SMILES string of the molecule is CCC(=O)c1ccc(N)c2c1CCCC2. The average molecular weight is 203 g/mol. The van der Waals surface area contributed by atoms with Crippen molar-refractivity contribution in [2.75, 3.05) is 5.73 Å². The predicted octanol–water partition coefficient (Wildman–Crippen LogP) is 2.74. The van der Waals surface area contributed by atoms with Crippen molar-refractivity contribution < 1.29 is 4.79 Å². The van der Waals surface area contributed by atoms with E-state index in [9.17, 15) is 4.79 Å². The van der Waals surface area contributed by atoms with Gasteiger partial charge in [-0.2, -0.15) is 0 Å². The first-order chi connectivity index (χ1) is 7.24. The smallest absolute Gasteiger partial charge is 0.162 e. The summed E-state index contributed by atoms with van der Waals surface area (Å²) in [6.45, 7) is 1.91. The van der Waals surface area contributed by atoms with Crippen LogP contribution in [-0.2, 0) is 12.8 Å². The summed E-state index contributed by atoms with van der Waals surface area (Å²) in [7, 11) is 0. The highest BCUT2D eigenvalue weighted by Crippen LogP contribution is 2.29. The second-order valence-corrected chi connectivity index (χ2v) is 4.14. The van der Waals surface area contributed by atoms with Crippen LogP contribution in [-0.4, -0.2) is 5.78 Å². The number of nitrogens with two attached hydrogens (primary N) is 1. The van der Waals surface area contributed by atoms with Gasteiger partial charge in [-0.25, -0.2) is 0 Å². The first kappa shape index (κ1) is 10.2. The largest absolute Gasteiger partial charge is 0.398 e. The molecule has 0 fully saturated rings. The zero-order valence-corrected chi connectivity index (χ0v) is 9.18. The van der Waals surface area contributed by atoms with Crippen molar-refractivity contribution in [2.45, 2.75) is 39.0 Å². The van der Waals surface area contributed by atoms with Crippen LogP contribution in [0.5, 0.6) is 0 Å².